The lowest BCUT2D eigenvalue weighted by Crippen LogP contribution is -2.46. The molecule has 0 radical (unpaired) electrons. The summed E-state index contributed by atoms with van der Waals surface area (Å²) in [5.41, 5.74) is 1.09. The van der Waals surface area contributed by atoms with Crippen molar-refractivity contribution in [2.45, 2.75) is 38.8 Å². The smallest absolute Gasteiger partial charge is 0.404 e. The third-order valence-corrected chi connectivity index (χ3v) is 3.50. The summed E-state index contributed by atoms with van der Waals surface area (Å²) in [5.74, 6) is 0.0808. The molecule has 104 valence electrons. The standard InChI is InChI=1S/C15H21NO3/c1-15(2,3)12(10-7-5-4-6-8-10)13(11-9-19-11)16-14(17)18/h4-8,11-13,16H,9H2,1-3H3,(H,17,18)/t11-,12?,13-/m1/s1. The lowest BCUT2D eigenvalue weighted by atomic mass is 9.71. The molecule has 1 amide bonds. The van der Waals surface area contributed by atoms with Crippen LogP contribution in [0.2, 0.25) is 0 Å². The van der Waals surface area contributed by atoms with E-state index in [1.165, 1.54) is 0 Å². The van der Waals surface area contributed by atoms with Crippen LogP contribution in [0.4, 0.5) is 4.79 Å². The minimum absolute atomic E-state index is 0.0134. The molecular weight excluding hydrogens is 242 g/mol. The Balaban J connectivity index is 2.33. The fourth-order valence-electron chi connectivity index (χ4n) is 2.70. The van der Waals surface area contributed by atoms with Gasteiger partial charge in [0.1, 0.15) is 6.10 Å². The molecule has 4 heteroatoms. The molecule has 0 aromatic heterocycles. The number of carboxylic acid groups (broad SMARTS) is 1. The first-order valence-corrected chi connectivity index (χ1v) is 6.55. The van der Waals surface area contributed by atoms with E-state index in [0.29, 0.717) is 6.61 Å². The molecule has 0 saturated carbocycles. The Morgan fingerprint density at radius 2 is 1.95 bits per heavy atom. The van der Waals surface area contributed by atoms with Gasteiger partial charge in [0, 0.05) is 5.92 Å². The molecule has 1 aliphatic heterocycles. The van der Waals surface area contributed by atoms with Gasteiger partial charge in [-0.05, 0) is 11.0 Å². The largest absolute Gasteiger partial charge is 0.465 e. The summed E-state index contributed by atoms with van der Waals surface area (Å²) < 4.78 is 5.34. The van der Waals surface area contributed by atoms with Crippen molar-refractivity contribution in [3.05, 3.63) is 35.9 Å². The maximum Gasteiger partial charge on any atom is 0.404 e. The van der Waals surface area contributed by atoms with Crippen molar-refractivity contribution >= 4 is 6.09 Å². The number of hydrogen-bond donors (Lipinski definition) is 2. The molecule has 1 unspecified atom stereocenters. The minimum atomic E-state index is -0.995. The number of carbonyl (C=O) groups is 1. The predicted molar refractivity (Wildman–Crippen MR) is 73.3 cm³/mol. The van der Waals surface area contributed by atoms with Gasteiger partial charge < -0.3 is 15.2 Å². The van der Waals surface area contributed by atoms with Gasteiger partial charge in [0.15, 0.2) is 0 Å². The molecule has 0 spiro atoms. The third kappa shape index (κ3) is 3.47. The number of rotatable bonds is 4. The van der Waals surface area contributed by atoms with Crippen LogP contribution in [0.5, 0.6) is 0 Å². The Labute approximate surface area is 113 Å². The molecule has 4 nitrogen and oxygen atoms in total. The number of amides is 1. The van der Waals surface area contributed by atoms with Gasteiger partial charge in [-0.2, -0.15) is 0 Å². The van der Waals surface area contributed by atoms with E-state index in [4.69, 9.17) is 9.84 Å². The minimum Gasteiger partial charge on any atom is -0.465 e. The van der Waals surface area contributed by atoms with E-state index < -0.39 is 6.09 Å². The summed E-state index contributed by atoms with van der Waals surface area (Å²) in [6.07, 6.45) is -1.01. The maximum absolute atomic E-state index is 11.0. The zero-order valence-electron chi connectivity index (χ0n) is 11.6. The number of epoxide rings is 1. The summed E-state index contributed by atoms with van der Waals surface area (Å²) in [5, 5.41) is 11.7. The first kappa shape index (κ1) is 13.9. The van der Waals surface area contributed by atoms with E-state index in [-0.39, 0.29) is 23.5 Å². The Morgan fingerprint density at radius 1 is 1.37 bits per heavy atom. The SMILES string of the molecule is CC(C)(C)C(c1ccccc1)[C@H](NC(=O)O)[C@H]1CO1. The van der Waals surface area contributed by atoms with E-state index in [0.717, 1.165) is 5.56 Å². The first-order valence-electron chi connectivity index (χ1n) is 6.55. The van der Waals surface area contributed by atoms with E-state index >= 15 is 0 Å². The van der Waals surface area contributed by atoms with Crippen LogP contribution in [0.1, 0.15) is 32.3 Å². The summed E-state index contributed by atoms with van der Waals surface area (Å²) in [7, 11) is 0. The molecule has 3 atom stereocenters. The molecule has 1 aromatic carbocycles. The van der Waals surface area contributed by atoms with E-state index in [1.807, 2.05) is 18.2 Å². The zero-order valence-corrected chi connectivity index (χ0v) is 11.6. The van der Waals surface area contributed by atoms with Crippen LogP contribution in [0.25, 0.3) is 0 Å². The first-order chi connectivity index (χ1) is 8.89. The van der Waals surface area contributed by atoms with Gasteiger partial charge >= 0.3 is 6.09 Å². The molecule has 1 saturated heterocycles. The van der Waals surface area contributed by atoms with E-state index in [9.17, 15) is 4.79 Å². The van der Waals surface area contributed by atoms with Crippen LogP contribution in [0.3, 0.4) is 0 Å². The zero-order chi connectivity index (χ0) is 14.0. The van der Waals surface area contributed by atoms with Gasteiger partial charge in [-0.25, -0.2) is 4.79 Å². The van der Waals surface area contributed by atoms with Crippen molar-refractivity contribution < 1.29 is 14.6 Å². The summed E-state index contributed by atoms with van der Waals surface area (Å²) >= 11 is 0. The van der Waals surface area contributed by atoms with Crippen molar-refractivity contribution in [3.63, 3.8) is 0 Å². The molecule has 19 heavy (non-hydrogen) atoms. The van der Waals surface area contributed by atoms with Crippen molar-refractivity contribution in [2.75, 3.05) is 6.61 Å². The summed E-state index contributed by atoms with van der Waals surface area (Å²) in [4.78, 5) is 11.0. The van der Waals surface area contributed by atoms with Gasteiger partial charge in [0.25, 0.3) is 0 Å². The van der Waals surface area contributed by atoms with E-state index in [1.54, 1.807) is 0 Å². The monoisotopic (exact) mass is 263 g/mol. The average molecular weight is 263 g/mol. The molecule has 2 N–H and O–H groups in total. The van der Waals surface area contributed by atoms with Gasteiger partial charge in [0.05, 0.1) is 12.6 Å². The number of hydrogen-bond acceptors (Lipinski definition) is 2. The maximum atomic E-state index is 11.0. The Bertz CT molecular complexity index is 434. The van der Waals surface area contributed by atoms with Crippen molar-refractivity contribution in [3.8, 4) is 0 Å². The van der Waals surface area contributed by atoms with Gasteiger partial charge in [-0.1, -0.05) is 51.1 Å². The fourth-order valence-corrected chi connectivity index (χ4v) is 2.70. The second-order valence-electron chi connectivity index (χ2n) is 6.10. The topological polar surface area (TPSA) is 61.9 Å². The number of nitrogens with one attached hydrogen (secondary N) is 1. The molecule has 0 aliphatic carbocycles. The lowest BCUT2D eigenvalue weighted by molar-refractivity contribution is 0.168. The quantitative estimate of drug-likeness (QED) is 0.821. The highest BCUT2D eigenvalue weighted by Gasteiger charge is 2.44. The van der Waals surface area contributed by atoms with Crippen molar-refractivity contribution in [2.24, 2.45) is 5.41 Å². The summed E-state index contributed by atoms with van der Waals surface area (Å²) in [6.45, 7) is 7.01. The van der Waals surface area contributed by atoms with Gasteiger partial charge in [0.2, 0.25) is 0 Å². The van der Waals surface area contributed by atoms with Crippen molar-refractivity contribution in [1.82, 2.24) is 5.32 Å². The molecule has 0 bridgehead atoms. The second-order valence-corrected chi connectivity index (χ2v) is 6.10. The predicted octanol–water partition coefficient (Wildman–Crippen LogP) is 2.85. The van der Waals surface area contributed by atoms with Crippen LogP contribution in [0.15, 0.2) is 30.3 Å². The average Bonchev–Trinajstić information content (AvgIpc) is 3.10. The highest BCUT2D eigenvalue weighted by Crippen LogP contribution is 2.41. The second kappa shape index (κ2) is 5.21. The highest BCUT2D eigenvalue weighted by atomic mass is 16.6. The molecule has 1 aromatic rings. The van der Waals surface area contributed by atoms with Crippen LogP contribution in [-0.4, -0.2) is 30.0 Å². The molecular formula is C15H21NO3. The van der Waals surface area contributed by atoms with Crippen LogP contribution in [0, 0.1) is 5.41 Å². The third-order valence-electron chi connectivity index (χ3n) is 3.50. The van der Waals surface area contributed by atoms with Gasteiger partial charge in [-0.3, -0.25) is 0 Å². The Hall–Kier alpha value is -1.55. The van der Waals surface area contributed by atoms with Crippen LogP contribution in [-0.2, 0) is 4.74 Å². The van der Waals surface area contributed by atoms with Gasteiger partial charge in [-0.15, -0.1) is 0 Å². The summed E-state index contributed by atoms with van der Waals surface area (Å²) in [6, 6.07) is 9.83. The Kier molecular flexibility index (Phi) is 3.80. The van der Waals surface area contributed by atoms with Crippen LogP contribution >= 0.6 is 0 Å². The highest BCUT2D eigenvalue weighted by molar-refractivity contribution is 5.65. The molecule has 1 heterocycles. The number of ether oxygens (including phenoxy) is 1. The Morgan fingerprint density at radius 3 is 2.37 bits per heavy atom. The lowest BCUT2D eigenvalue weighted by Gasteiger charge is -2.37. The number of benzene rings is 1. The fraction of sp³-hybridized carbons (Fsp3) is 0.533. The normalized spacial score (nSPS) is 21.5. The molecule has 2 rings (SSSR count). The molecule has 1 fully saturated rings. The molecule has 1 aliphatic rings. The van der Waals surface area contributed by atoms with Crippen LogP contribution < -0.4 is 5.32 Å². The van der Waals surface area contributed by atoms with E-state index in [2.05, 4.69) is 38.2 Å². The van der Waals surface area contributed by atoms with Crippen molar-refractivity contribution in [1.29, 1.82) is 0 Å².